The van der Waals surface area contributed by atoms with Crippen LogP contribution in [-0.2, 0) is 14.8 Å². The number of amides is 2. The number of nitrogens with zero attached hydrogens (tertiary/aromatic N) is 2. The molecule has 0 radical (unpaired) electrons. The van der Waals surface area contributed by atoms with Gasteiger partial charge in [0.05, 0.1) is 16.5 Å². The first-order valence-corrected chi connectivity index (χ1v) is 11.8. The number of carbonyl (C=O) groups excluding carboxylic acids is 2. The van der Waals surface area contributed by atoms with Crippen molar-refractivity contribution in [2.75, 3.05) is 18.4 Å². The summed E-state index contributed by atoms with van der Waals surface area (Å²) < 4.78 is 26.9. The van der Waals surface area contributed by atoms with Gasteiger partial charge in [0, 0.05) is 24.3 Å². The normalized spacial score (nSPS) is 12.3. The molecule has 0 fully saturated rings. The average Bonchev–Trinajstić information content (AvgIpc) is 2.77. The molecule has 0 spiro atoms. The third-order valence-electron chi connectivity index (χ3n) is 4.93. The summed E-state index contributed by atoms with van der Waals surface area (Å²) in [7, 11) is -3.72. The molecule has 9 heteroatoms. The Morgan fingerprint density at radius 3 is 2.31 bits per heavy atom. The zero-order valence-corrected chi connectivity index (χ0v) is 19.4. The largest absolute Gasteiger partial charge is 0.340 e. The number of hydrogen-bond donors (Lipinski definition) is 2. The van der Waals surface area contributed by atoms with Crippen molar-refractivity contribution >= 4 is 27.5 Å². The first kappa shape index (κ1) is 25.0. The van der Waals surface area contributed by atoms with Crippen molar-refractivity contribution in [3.05, 3.63) is 59.7 Å². The van der Waals surface area contributed by atoms with E-state index in [0.717, 1.165) is 0 Å². The fourth-order valence-electron chi connectivity index (χ4n) is 3.16. The first-order chi connectivity index (χ1) is 15.1. The molecule has 8 nitrogen and oxygen atoms in total. The van der Waals surface area contributed by atoms with Gasteiger partial charge in [0.1, 0.15) is 6.04 Å². The Kier molecular flexibility index (Phi) is 8.52. The van der Waals surface area contributed by atoms with Crippen molar-refractivity contribution in [3.8, 4) is 6.07 Å². The summed E-state index contributed by atoms with van der Waals surface area (Å²) in [5.74, 6) is -1.22. The maximum Gasteiger partial charge on any atom is 0.251 e. The lowest BCUT2D eigenvalue weighted by atomic mass is 10.0. The molecule has 0 heterocycles. The third-order valence-corrected chi connectivity index (χ3v) is 6.98. The molecule has 32 heavy (non-hydrogen) atoms. The Morgan fingerprint density at radius 1 is 1.06 bits per heavy atom. The summed E-state index contributed by atoms with van der Waals surface area (Å²) in [6.07, 6.45) is 0. The second-order valence-electron chi connectivity index (χ2n) is 7.49. The Hall–Kier alpha value is -3.22. The minimum Gasteiger partial charge on any atom is -0.340 e. The standard InChI is InChI=1S/C23H28N4O4S/c1-5-27(6-2)32(30,31)20-12-8-10-18(14-20)22(28)26-21(16(3)4)23(29)25-19-11-7-9-17(13-19)15-24/h7-14,16,21H,5-6H2,1-4H3,(H,25,29)(H,26,28). The van der Waals surface area contributed by atoms with Crippen molar-refractivity contribution < 1.29 is 18.0 Å². The van der Waals surface area contributed by atoms with Crippen molar-refractivity contribution in [2.24, 2.45) is 5.92 Å². The van der Waals surface area contributed by atoms with Gasteiger partial charge in [0.15, 0.2) is 0 Å². The van der Waals surface area contributed by atoms with E-state index in [1.165, 1.54) is 28.6 Å². The average molecular weight is 457 g/mol. The highest BCUT2D eigenvalue weighted by atomic mass is 32.2. The lowest BCUT2D eigenvalue weighted by Crippen LogP contribution is -2.47. The van der Waals surface area contributed by atoms with E-state index < -0.39 is 27.9 Å². The fourth-order valence-corrected chi connectivity index (χ4v) is 4.66. The molecule has 0 bridgehead atoms. The lowest BCUT2D eigenvalue weighted by Gasteiger charge is -2.22. The highest BCUT2D eigenvalue weighted by Gasteiger charge is 2.26. The number of nitriles is 1. The van der Waals surface area contributed by atoms with Crippen molar-refractivity contribution in [2.45, 2.75) is 38.6 Å². The topological polar surface area (TPSA) is 119 Å². The van der Waals surface area contributed by atoms with Crippen LogP contribution >= 0.6 is 0 Å². The van der Waals surface area contributed by atoms with Crippen LogP contribution in [0.1, 0.15) is 43.6 Å². The van der Waals surface area contributed by atoms with Crippen LogP contribution in [0.25, 0.3) is 0 Å². The molecule has 2 aromatic carbocycles. The lowest BCUT2D eigenvalue weighted by molar-refractivity contribution is -0.118. The maximum atomic E-state index is 12.9. The Labute approximate surface area is 189 Å². The van der Waals surface area contributed by atoms with Gasteiger partial charge in [-0.25, -0.2) is 8.42 Å². The van der Waals surface area contributed by atoms with E-state index in [-0.39, 0.29) is 16.4 Å². The molecule has 0 saturated heterocycles. The van der Waals surface area contributed by atoms with Gasteiger partial charge >= 0.3 is 0 Å². The molecule has 2 rings (SSSR count). The van der Waals surface area contributed by atoms with Crippen LogP contribution in [0.15, 0.2) is 53.4 Å². The quantitative estimate of drug-likeness (QED) is 0.601. The van der Waals surface area contributed by atoms with Crippen molar-refractivity contribution in [3.63, 3.8) is 0 Å². The van der Waals surface area contributed by atoms with E-state index in [4.69, 9.17) is 5.26 Å². The highest BCUT2D eigenvalue weighted by Crippen LogP contribution is 2.18. The second-order valence-corrected chi connectivity index (χ2v) is 9.43. The van der Waals surface area contributed by atoms with Gasteiger partial charge in [-0.3, -0.25) is 9.59 Å². The molecule has 0 saturated carbocycles. The number of rotatable bonds is 9. The Morgan fingerprint density at radius 2 is 1.72 bits per heavy atom. The molecule has 0 aromatic heterocycles. The SMILES string of the molecule is CCN(CC)S(=O)(=O)c1cccc(C(=O)NC(C(=O)Nc2cccc(C#N)c2)C(C)C)c1. The highest BCUT2D eigenvalue weighted by molar-refractivity contribution is 7.89. The molecular weight excluding hydrogens is 428 g/mol. The van der Waals surface area contributed by atoms with E-state index >= 15 is 0 Å². The molecular formula is C23H28N4O4S. The van der Waals surface area contributed by atoms with Gasteiger partial charge in [-0.15, -0.1) is 0 Å². The molecule has 2 amide bonds. The van der Waals surface area contributed by atoms with E-state index in [1.807, 2.05) is 6.07 Å². The van der Waals surface area contributed by atoms with E-state index in [1.54, 1.807) is 52.0 Å². The third kappa shape index (κ3) is 5.93. The minimum atomic E-state index is -3.72. The summed E-state index contributed by atoms with van der Waals surface area (Å²) in [5, 5.41) is 14.4. The van der Waals surface area contributed by atoms with Gasteiger partial charge in [-0.1, -0.05) is 39.8 Å². The smallest absolute Gasteiger partial charge is 0.251 e. The maximum absolute atomic E-state index is 12.9. The molecule has 1 unspecified atom stereocenters. The zero-order chi connectivity index (χ0) is 23.9. The summed E-state index contributed by atoms with van der Waals surface area (Å²) in [4.78, 5) is 25.7. The van der Waals surface area contributed by atoms with Crippen molar-refractivity contribution in [1.82, 2.24) is 9.62 Å². The molecule has 2 aromatic rings. The van der Waals surface area contributed by atoms with Gasteiger partial charge in [-0.2, -0.15) is 9.57 Å². The molecule has 1 atom stereocenters. The van der Waals surface area contributed by atoms with E-state index in [9.17, 15) is 18.0 Å². The summed E-state index contributed by atoms with van der Waals surface area (Å²) in [6.45, 7) is 7.70. The molecule has 2 N–H and O–H groups in total. The number of nitrogens with one attached hydrogen (secondary N) is 2. The summed E-state index contributed by atoms with van der Waals surface area (Å²) in [6, 6.07) is 13.4. The molecule has 0 aliphatic heterocycles. The number of hydrogen-bond acceptors (Lipinski definition) is 5. The van der Waals surface area contributed by atoms with Crippen molar-refractivity contribution in [1.29, 1.82) is 5.26 Å². The van der Waals surface area contributed by atoms with Gasteiger partial charge in [0.2, 0.25) is 15.9 Å². The van der Waals surface area contributed by atoms with Crippen LogP contribution in [0.2, 0.25) is 0 Å². The van der Waals surface area contributed by atoms with Crippen LogP contribution < -0.4 is 10.6 Å². The number of carbonyl (C=O) groups is 2. The van der Waals surface area contributed by atoms with Crippen LogP contribution in [0.5, 0.6) is 0 Å². The Balaban J connectivity index is 2.23. The van der Waals surface area contributed by atoms with Crippen LogP contribution in [0, 0.1) is 17.2 Å². The monoisotopic (exact) mass is 456 g/mol. The van der Waals surface area contributed by atoms with E-state index in [2.05, 4.69) is 10.6 Å². The minimum absolute atomic E-state index is 0.0210. The summed E-state index contributed by atoms with van der Waals surface area (Å²) in [5.41, 5.74) is 0.989. The fraction of sp³-hybridized carbons (Fsp3) is 0.348. The first-order valence-electron chi connectivity index (χ1n) is 10.4. The van der Waals surface area contributed by atoms with Gasteiger partial charge < -0.3 is 10.6 Å². The molecule has 170 valence electrons. The predicted molar refractivity (Wildman–Crippen MR) is 122 cm³/mol. The molecule has 0 aliphatic rings. The van der Waals surface area contributed by atoms with Crippen LogP contribution in [0.4, 0.5) is 5.69 Å². The zero-order valence-electron chi connectivity index (χ0n) is 18.6. The number of benzene rings is 2. The predicted octanol–water partition coefficient (Wildman–Crippen LogP) is 2.98. The molecule has 0 aliphatic carbocycles. The summed E-state index contributed by atoms with van der Waals surface area (Å²) >= 11 is 0. The van der Waals surface area contributed by atoms with Crippen LogP contribution in [0.3, 0.4) is 0 Å². The number of anilines is 1. The number of sulfonamides is 1. The Bertz CT molecular complexity index is 1120. The van der Waals surface area contributed by atoms with Gasteiger partial charge in [-0.05, 0) is 42.3 Å². The van der Waals surface area contributed by atoms with Gasteiger partial charge in [0.25, 0.3) is 5.91 Å². The van der Waals surface area contributed by atoms with E-state index in [0.29, 0.717) is 24.3 Å². The second kappa shape index (κ2) is 10.9. The van der Waals surface area contributed by atoms with Crippen LogP contribution in [-0.4, -0.2) is 43.7 Å².